The van der Waals surface area contributed by atoms with Crippen molar-refractivity contribution in [1.29, 1.82) is 0 Å². The van der Waals surface area contributed by atoms with Crippen molar-refractivity contribution in [1.82, 2.24) is 10.2 Å². The van der Waals surface area contributed by atoms with Crippen molar-refractivity contribution >= 4 is 5.97 Å². The van der Waals surface area contributed by atoms with E-state index in [4.69, 9.17) is 4.42 Å². The maximum Gasteiger partial charge on any atom is 0.425 e. The first-order valence-electron chi connectivity index (χ1n) is 7.03. The molecule has 0 spiro atoms. The number of hydrogen-bond acceptors (Lipinski definition) is 5. The minimum absolute atomic E-state index is 0.0416. The lowest BCUT2D eigenvalue weighted by Gasteiger charge is -2.20. The maximum atomic E-state index is 12.9. The largest absolute Gasteiger partial charge is 0.449 e. The number of carbonyl (C=O) groups is 1. The van der Waals surface area contributed by atoms with E-state index in [1.807, 2.05) is 0 Å². The third-order valence-corrected chi connectivity index (χ3v) is 3.50. The summed E-state index contributed by atoms with van der Waals surface area (Å²) in [6.07, 6.45) is -5.73. The monoisotopic (exact) mass is 326 g/mol. The van der Waals surface area contributed by atoms with E-state index < -0.39 is 24.2 Å². The first kappa shape index (κ1) is 15.5. The van der Waals surface area contributed by atoms with Gasteiger partial charge in [0, 0.05) is 18.4 Å². The van der Waals surface area contributed by atoms with Crippen LogP contribution in [0.2, 0.25) is 0 Å². The second-order valence-corrected chi connectivity index (χ2v) is 5.41. The summed E-state index contributed by atoms with van der Waals surface area (Å²) in [5.74, 6) is -0.957. The molecule has 23 heavy (non-hydrogen) atoms. The molecule has 0 bridgehead atoms. The summed E-state index contributed by atoms with van der Waals surface area (Å²) in [5.41, 5.74) is 0.608. The summed E-state index contributed by atoms with van der Waals surface area (Å²) < 4.78 is 48.5. The molecule has 1 aromatic heterocycles. The van der Waals surface area contributed by atoms with Gasteiger partial charge in [0.15, 0.2) is 6.10 Å². The number of hydrogen-bond donors (Lipinski definition) is 0. The van der Waals surface area contributed by atoms with E-state index in [0.29, 0.717) is 24.3 Å². The molecule has 1 aliphatic carbocycles. The number of alkyl halides is 3. The molecular weight excluding hydrogens is 313 g/mol. The van der Waals surface area contributed by atoms with Crippen molar-refractivity contribution < 1.29 is 27.1 Å². The Labute approximate surface area is 129 Å². The van der Waals surface area contributed by atoms with Crippen molar-refractivity contribution in [2.75, 3.05) is 0 Å². The van der Waals surface area contributed by atoms with Crippen molar-refractivity contribution in [2.45, 2.75) is 32.0 Å². The Kier molecular flexibility index (Phi) is 3.83. The van der Waals surface area contributed by atoms with Crippen LogP contribution in [0.4, 0.5) is 13.2 Å². The molecule has 1 aromatic carbocycles. The van der Waals surface area contributed by atoms with E-state index in [1.54, 1.807) is 6.92 Å². The van der Waals surface area contributed by atoms with Gasteiger partial charge in [-0.1, -0.05) is 0 Å². The smallest absolute Gasteiger partial charge is 0.425 e. The lowest BCUT2D eigenvalue weighted by molar-refractivity contribution is -0.210. The Morgan fingerprint density at radius 2 is 1.91 bits per heavy atom. The lowest BCUT2D eigenvalue weighted by atomic mass is 10.1. The van der Waals surface area contributed by atoms with E-state index in [-0.39, 0.29) is 11.5 Å². The normalized spacial score (nSPS) is 16.2. The molecule has 0 aliphatic heterocycles. The molecule has 1 aliphatic rings. The molecule has 0 saturated heterocycles. The van der Waals surface area contributed by atoms with Crippen LogP contribution < -0.4 is 0 Å². The fourth-order valence-corrected chi connectivity index (χ4v) is 2.17. The average Bonchev–Trinajstić information content (AvgIpc) is 3.24. The molecule has 0 radical (unpaired) electrons. The van der Waals surface area contributed by atoms with Gasteiger partial charge in [0.2, 0.25) is 11.8 Å². The van der Waals surface area contributed by atoms with E-state index in [2.05, 4.69) is 14.9 Å². The van der Waals surface area contributed by atoms with Crippen LogP contribution in [0.5, 0.6) is 0 Å². The summed E-state index contributed by atoms with van der Waals surface area (Å²) in [6.45, 7) is 1.64. The second kappa shape index (κ2) is 5.68. The van der Waals surface area contributed by atoms with Crippen LogP contribution in [0.1, 0.15) is 29.1 Å². The van der Waals surface area contributed by atoms with Crippen LogP contribution in [0, 0.1) is 12.8 Å². The van der Waals surface area contributed by atoms with Gasteiger partial charge in [0.1, 0.15) is 0 Å². The Morgan fingerprint density at radius 3 is 2.39 bits per heavy atom. The first-order chi connectivity index (χ1) is 10.8. The number of esters is 1. The predicted octanol–water partition coefficient (Wildman–Crippen LogP) is 3.54. The summed E-state index contributed by atoms with van der Waals surface area (Å²) in [5, 5.41) is 7.50. The molecule has 0 amide bonds. The zero-order valence-electron chi connectivity index (χ0n) is 12.1. The average molecular weight is 326 g/mol. The third kappa shape index (κ3) is 3.52. The van der Waals surface area contributed by atoms with Gasteiger partial charge in [0.05, 0.1) is 5.56 Å². The molecule has 0 N–H and O–H groups in total. The summed E-state index contributed by atoms with van der Waals surface area (Å²) in [4.78, 5) is 11.9. The highest BCUT2D eigenvalue weighted by atomic mass is 19.4. The molecular formula is C15H13F3N2O3. The summed E-state index contributed by atoms with van der Waals surface area (Å²) in [6, 6.07) is 5.78. The van der Waals surface area contributed by atoms with Gasteiger partial charge in [-0.3, -0.25) is 0 Å². The fraction of sp³-hybridized carbons (Fsp3) is 0.400. The molecule has 0 unspecified atom stereocenters. The SMILES string of the molecule is Cc1nnc(-c2ccc(C(=O)O[C@H](C3CC3)C(F)(F)F)cc2)o1. The van der Waals surface area contributed by atoms with Crippen molar-refractivity contribution in [3.05, 3.63) is 35.7 Å². The Bertz CT molecular complexity index is 706. The maximum absolute atomic E-state index is 12.9. The van der Waals surface area contributed by atoms with E-state index in [9.17, 15) is 18.0 Å². The number of benzene rings is 1. The quantitative estimate of drug-likeness (QED) is 0.804. The first-order valence-corrected chi connectivity index (χ1v) is 7.03. The molecule has 122 valence electrons. The van der Waals surface area contributed by atoms with Gasteiger partial charge in [-0.2, -0.15) is 13.2 Å². The number of aryl methyl sites for hydroxylation is 1. The highest BCUT2D eigenvalue weighted by molar-refractivity contribution is 5.90. The van der Waals surface area contributed by atoms with Crippen LogP contribution in [-0.4, -0.2) is 28.4 Å². The van der Waals surface area contributed by atoms with Crippen LogP contribution in [0.15, 0.2) is 28.7 Å². The highest BCUT2D eigenvalue weighted by Crippen LogP contribution is 2.42. The molecule has 1 heterocycles. The molecule has 5 nitrogen and oxygen atoms in total. The molecule has 1 saturated carbocycles. The van der Waals surface area contributed by atoms with Gasteiger partial charge in [0.25, 0.3) is 0 Å². The third-order valence-electron chi connectivity index (χ3n) is 3.50. The van der Waals surface area contributed by atoms with Gasteiger partial charge in [-0.25, -0.2) is 4.79 Å². The molecule has 2 aromatic rings. The van der Waals surface area contributed by atoms with Crippen LogP contribution >= 0.6 is 0 Å². The number of rotatable bonds is 4. The number of ether oxygens (including phenoxy) is 1. The van der Waals surface area contributed by atoms with Crippen LogP contribution in [0.3, 0.4) is 0 Å². The molecule has 1 fully saturated rings. The van der Waals surface area contributed by atoms with Gasteiger partial charge in [-0.15, -0.1) is 10.2 Å². The zero-order chi connectivity index (χ0) is 16.6. The second-order valence-electron chi connectivity index (χ2n) is 5.41. The van der Waals surface area contributed by atoms with Crippen molar-refractivity contribution in [2.24, 2.45) is 5.92 Å². The molecule has 8 heteroatoms. The van der Waals surface area contributed by atoms with Crippen LogP contribution in [-0.2, 0) is 4.74 Å². The standard InChI is InChI=1S/C15H13F3N2O3/c1-8-19-20-13(22-8)10-4-6-11(7-5-10)14(21)23-12(9-2-3-9)15(16,17)18/h4-7,9,12H,2-3H2,1H3/t12-/m1/s1. The Morgan fingerprint density at radius 1 is 1.26 bits per heavy atom. The molecule has 3 rings (SSSR count). The van der Waals surface area contributed by atoms with E-state index in [0.717, 1.165) is 0 Å². The molecule has 1 atom stereocenters. The van der Waals surface area contributed by atoms with Gasteiger partial charge in [-0.05, 0) is 37.1 Å². The Hall–Kier alpha value is -2.38. The summed E-state index contributed by atoms with van der Waals surface area (Å²) in [7, 11) is 0. The van der Waals surface area contributed by atoms with E-state index in [1.165, 1.54) is 24.3 Å². The van der Waals surface area contributed by atoms with Crippen molar-refractivity contribution in [3.63, 3.8) is 0 Å². The van der Waals surface area contributed by atoms with Gasteiger partial charge < -0.3 is 9.15 Å². The fourth-order valence-electron chi connectivity index (χ4n) is 2.17. The summed E-state index contributed by atoms with van der Waals surface area (Å²) >= 11 is 0. The topological polar surface area (TPSA) is 65.2 Å². The minimum Gasteiger partial charge on any atom is -0.449 e. The lowest BCUT2D eigenvalue weighted by Crippen LogP contribution is -2.35. The minimum atomic E-state index is -4.54. The van der Waals surface area contributed by atoms with E-state index >= 15 is 0 Å². The van der Waals surface area contributed by atoms with Gasteiger partial charge >= 0.3 is 12.1 Å². The number of nitrogens with zero attached hydrogens (tertiary/aromatic N) is 2. The van der Waals surface area contributed by atoms with Crippen molar-refractivity contribution in [3.8, 4) is 11.5 Å². The zero-order valence-corrected chi connectivity index (χ0v) is 12.1. The number of carbonyl (C=O) groups excluding carboxylic acids is 1. The van der Waals surface area contributed by atoms with Crippen LogP contribution in [0.25, 0.3) is 11.5 Å². The predicted molar refractivity (Wildman–Crippen MR) is 72.5 cm³/mol. The highest BCUT2D eigenvalue weighted by Gasteiger charge is 2.51. The number of aromatic nitrogens is 2. The Balaban J connectivity index is 1.72. The number of halogens is 3.